The highest BCUT2D eigenvalue weighted by Gasteiger charge is 2.29. The molecule has 0 fully saturated rings. The van der Waals surface area contributed by atoms with Gasteiger partial charge in [-0.15, -0.1) is 0 Å². The number of hydrogen-bond acceptors (Lipinski definition) is 4. The Balaban J connectivity index is 1.67. The van der Waals surface area contributed by atoms with E-state index in [2.05, 4.69) is 28.6 Å². The van der Waals surface area contributed by atoms with Gasteiger partial charge in [-0.1, -0.05) is 30.3 Å². The van der Waals surface area contributed by atoms with Crippen LogP contribution in [0.15, 0.2) is 60.9 Å². The molecule has 6 nitrogen and oxygen atoms in total. The maximum absolute atomic E-state index is 12.2. The molecule has 6 heteroatoms. The fraction of sp³-hybridized carbons (Fsp3) is 0.130. The van der Waals surface area contributed by atoms with Crippen molar-refractivity contribution in [3.05, 3.63) is 83.2 Å². The van der Waals surface area contributed by atoms with Gasteiger partial charge < -0.3 is 15.8 Å². The highest BCUT2D eigenvalue weighted by Crippen LogP contribution is 2.44. The van der Waals surface area contributed by atoms with Gasteiger partial charge in [0, 0.05) is 35.0 Å². The van der Waals surface area contributed by atoms with Gasteiger partial charge >= 0.3 is 0 Å². The third-order valence-corrected chi connectivity index (χ3v) is 5.84. The number of rotatable bonds is 2. The minimum atomic E-state index is -0.485. The Morgan fingerprint density at radius 2 is 2.10 bits per heavy atom. The molecule has 2 aromatic carbocycles. The lowest BCUT2D eigenvalue weighted by Gasteiger charge is -2.20. The normalized spacial score (nSPS) is 16.5. The largest absolute Gasteiger partial charge is 0.493 e. The van der Waals surface area contributed by atoms with Crippen LogP contribution in [0.25, 0.3) is 16.6 Å². The Kier molecular flexibility index (Phi) is 3.26. The zero-order valence-corrected chi connectivity index (χ0v) is 15.6. The van der Waals surface area contributed by atoms with Crippen molar-refractivity contribution >= 4 is 17.1 Å². The number of anilines is 1. The van der Waals surface area contributed by atoms with E-state index in [0.717, 1.165) is 52.2 Å². The van der Waals surface area contributed by atoms with Gasteiger partial charge in [-0.3, -0.25) is 4.79 Å². The van der Waals surface area contributed by atoms with Gasteiger partial charge in [-0.2, -0.15) is 5.10 Å². The van der Waals surface area contributed by atoms with E-state index in [0.29, 0.717) is 5.56 Å². The number of carbonyl (C=O) groups excluding carboxylic acids is 1. The predicted molar refractivity (Wildman–Crippen MR) is 110 cm³/mol. The Morgan fingerprint density at radius 3 is 3.00 bits per heavy atom. The maximum atomic E-state index is 12.2. The van der Waals surface area contributed by atoms with Crippen molar-refractivity contribution in [1.82, 2.24) is 9.61 Å². The number of aromatic nitrogens is 2. The first-order valence-corrected chi connectivity index (χ1v) is 9.62. The van der Waals surface area contributed by atoms with Crippen LogP contribution >= 0.6 is 0 Å². The first kappa shape index (κ1) is 16.2. The Bertz CT molecular complexity index is 1310. The molecule has 1 amide bonds. The number of nitrogens with zero attached hydrogens (tertiary/aromatic N) is 2. The van der Waals surface area contributed by atoms with Gasteiger partial charge in [-0.05, 0) is 29.3 Å². The van der Waals surface area contributed by atoms with Crippen molar-refractivity contribution in [1.29, 1.82) is 0 Å². The molecular formula is C23H18N4O2. The second kappa shape index (κ2) is 5.85. The van der Waals surface area contributed by atoms with E-state index in [1.54, 1.807) is 6.20 Å². The Morgan fingerprint density at radius 1 is 1.21 bits per heavy atom. The molecule has 0 aliphatic carbocycles. The van der Waals surface area contributed by atoms with Gasteiger partial charge in [0.15, 0.2) is 0 Å². The van der Waals surface area contributed by atoms with E-state index in [4.69, 9.17) is 10.5 Å². The summed E-state index contributed by atoms with van der Waals surface area (Å²) < 4.78 is 7.62. The monoisotopic (exact) mass is 382 g/mol. The molecule has 2 aromatic heterocycles. The van der Waals surface area contributed by atoms with Crippen molar-refractivity contribution in [2.75, 3.05) is 11.9 Å². The van der Waals surface area contributed by atoms with Crippen LogP contribution in [0.5, 0.6) is 5.75 Å². The maximum Gasteiger partial charge on any atom is 0.251 e. The van der Waals surface area contributed by atoms with Crippen LogP contribution in [0, 0.1) is 0 Å². The molecule has 4 heterocycles. The summed E-state index contributed by atoms with van der Waals surface area (Å²) in [5.74, 6) is 0.461. The molecule has 4 aromatic rings. The summed E-state index contributed by atoms with van der Waals surface area (Å²) in [5, 5.41) is 8.11. The third kappa shape index (κ3) is 2.29. The topological polar surface area (TPSA) is 81.7 Å². The van der Waals surface area contributed by atoms with Crippen molar-refractivity contribution in [2.45, 2.75) is 12.5 Å². The lowest BCUT2D eigenvalue weighted by atomic mass is 9.95. The van der Waals surface area contributed by atoms with E-state index < -0.39 is 5.91 Å². The highest BCUT2D eigenvalue weighted by atomic mass is 16.5. The standard InChI is InChI=1S/C23H18N4O2/c24-23(28)17-12-25-27-9-7-16-21(14-6-5-13-8-10-29-19(13)11-14)26-18-4-2-1-3-15(18)20(17)22(16)27/h1-7,9,11-12,21,26H,8,10H2,(H2,24,28). The van der Waals surface area contributed by atoms with E-state index in [-0.39, 0.29) is 6.04 Å². The van der Waals surface area contributed by atoms with E-state index >= 15 is 0 Å². The fourth-order valence-electron chi connectivity index (χ4n) is 4.48. The molecule has 0 radical (unpaired) electrons. The van der Waals surface area contributed by atoms with Crippen molar-refractivity contribution in [3.8, 4) is 16.9 Å². The van der Waals surface area contributed by atoms with Crippen molar-refractivity contribution < 1.29 is 9.53 Å². The summed E-state index contributed by atoms with van der Waals surface area (Å²) in [7, 11) is 0. The summed E-state index contributed by atoms with van der Waals surface area (Å²) in [6, 6.07) is 16.3. The predicted octanol–water partition coefficient (Wildman–Crippen LogP) is 3.55. The third-order valence-electron chi connectivity index (χ3n) is 5.84. The Hall–Kier alpha value is -3.80. The molecule has 6 rings (SSSR count). The zero-order valence-electron chi connectivity index (χ0n) is 15.6. The number of hydrogen-bond donors (Lipinski definition) is 2. The summed E-state index contributed by atoms with van der Waals surface area (Å²) >= 11 is 0. The van der Waals surface area contributed by atoms with Crippen molar-refractivity contribution in [2.24, 2.45) is 5.73 Å². The van der Waals surface area contributed by atoms with Crippen LogP contribution in [-0.4, -0.2) is 22.1 Å². The second-order valence-electron chi connectivity index (χ2n) is 7.45. The molecule has 0 saturated carbocycles. The first-order valence-electron chi connectivity index (χ1n) is 9.62. The fourth-order valence-corrected chi connectivity index (χ4v) is 4.48. The number of ether oxygens (including phenoxy) is 1. The highest BCUT2D eigenvalue weighted by molar-refractivity contribution is 6.06. The molecule has 0 saturated heterocycles. The van der Waals surface area contributed by atoms with Gasteiger partial charge in [0.2, 0.25) is 0 Å². The summed E-state index contributed by atoms with van der Waals surface area (Å²) in [5.41, 5.74) is 13.1. The lowest BCUT2D eigenvalue weighted by molar-refractivity contribution is 0.100. The zero-order chi connectivity index (χ0) is 19.5. The number of amides is 1. The second-order valence-corrected chi connectivity index (χ2v) is 7.45. The molecule has 2 aliphatic rings. The summed E-state index contributed by atoms with van der Waals surface area (Å²) in [4.78, 5) is 12.2. The molecule has 1 unspecified atom stereocenters. The number of benzene rings is 2. The van der Waals surface area contributed by atoms with Crippen LogP contribution < -0.4 is 15.8 Å². The minimum absolute atomic E-state index is 0.109. The van der Waals surface area contributed by atoms with Crippen LogP contribution in [0.2, 0.25) is 0 Å². The molecule has 142 valence electrons. The molecule has 0 spiro atoms. The SMILES string of the molecule is NC(=O)c1cnn2ccc3c2c1-c1ccccc1NC3c1ccc2c(c1)OCC2. The number of nitrogens with two attached hydrogens (primary N) is 1. The van der Waals surface area contributed by atoms with Gasteiger partial charge in [0.25, 0.3) is 5.91 Å². The number of para-hydroxylation sites is 1. The lowest BCUT2D eigenvalue weighted by Crippen LogP contribution is -2.14. The van der Waals surface area contributed by atoms with Gasteiger partial charge in [0.1, 0.15) is 5.75 Å². The van der Waals surface area contributed by atoms with Gasteiger partial charge in [0.05, 0.1) is 29.9 Å². The smallest absolute Gasteiger partial charge is 0.251 e. The van der Waals surface area contributed by atoms with Gasteiger partial charge in [-0.25, -0.2) is 4.52 Å². The molecule has 3 N–H and O–H groups in total. The van der Waals surface area contributed by atoms with Crippen LogP contribution in [0.1, 0.15) is 33.1 Å². The molecule has 2 aliphatic heterocycles. The average molecular weight is 382 g/mol. The quantitative estimate of drug-likeness (QED) is 0.556. The van der Waals surface area contributed by atoms with Crippen molar-refractivity contribution in [3.63, 3.8) is 0 Å². The molecular weight excluding hydrogens is 364 g/mol. The molecule has 1 atom stereocenters. The summed E-state index contributed by atoms with van der Waals surface area (Å²) in [6.07, 6.45) is 4.42. The number of nitrogens with one attached hydrogen (secondary N) is 1. The molecule has 29 heavy (non-hydrogen) atoms. The number of primary amides is 1. The van der Waals surface area contributed by atoms with Crippen LogP contribution in [0.3, 0.4) is 0 Å². The molecule has 0 bridgehead atoms. The number of carbonyl (C=O) groups is 1. The average Bonchev–Trinajstić information content (AvgIpc) is 3.34. The number of fused-ring (bicyclic) bond motifs is 3. The summed E-state index contributed by atoms with van der Waals surface area (Å²) in [6.45, 7) is 0.727. The van der Waals surface area contributed by atoms with E-state index in [1.807, 2.05) is 41.0 Å². The van der Waals surface area contributed by atoms with Crippen LogP contribution in [-0.2, 0) is 6.42 Å². The van der Waals surface area contributed by atoms with E-state index in [9.17, 15) is 4.79 Å². The Labute approximate surface area is 166 Å². The van der Waals surface area contributed by atoms with E-state index in [1.165, 1.54) is 5.56 Å². The van der Waals surface area contributed by atoms with Crippen LogP contribution in [0.4, 0.5) is 5.69 Å². The first-order chi connectivity index (χ1) is 14.2. The minimum Gasteiger partial charge on any atom is -0.493 e.